The highest BCUT2D eigenvalue weighted by Crippen LogP contribution is 2.19. The van der Waals surface area contributed by atoms with Gasteiger partial charge in [-0.25, -0.2) is 13.1 Å². The number of nitrogens with one attached hydrogen (secondary N) is 1. The predicted molar refractivity (Wildman–Crippen MR) is 77.0 cm³/mol. The number of ether oxygens (including phenoxy) is 1. The van der Waals surface area contributed by atoms with Crippen molar-refractivity contribution in [1.82, 2.24) is 9.29 Å². The molecule has 0 unspecified atom stereocenters. The Labute approximate surface area is 120 Å². The van der Waals surface area contributed by atoms with Crippen molar-refractivity contribution in [3.8, 4) is 0 Å². The molecule has 1 aromatic rings. The lowest BCUT2D eigenvalue weighted by molar-refractivity contribution is 0.0276. The van der Waals surface area contributed by atoms with Crippen LogP contribution in [0.25, 0.3) is 0 Å². The van der Waals surface area contributed by atoms with Crippen LogP contribution in [0.2, 0.25) is 0 Å². The summed E-state index contributed by atoms with van der Waals surface area (Å²) in [6.45, 7) is 7.43. The van der Waals surface area contributed by atoms with Gasteiger partial charge in [-0.3, -0.25) is 0 Å². The molecule has 0 atom stereocenters. The first-order valence-corrected chi connectivity index (χ1v) is 7.97. The average molecular weight is 304 g/mol. The van der Waals surface area contributed by atoms with Crippen molar-refractivity contribution in [3.63, 3.8) is 0 Å². The van der Waals surface area contributed by atoms with E-state index in [2.05, 4.69) is 4.72 Å². The maximum Gasteiger partial charge on any atom is 0.242 e. The number of sulfonamides is 1. The molecule has 0 saturated carbocycles. The second-order valence-corrected chi connectivity index (χ2v) is 7.38. The molecule has 0 aliphatic rings. The maximum atomic E-state index is 12.2. The van der Waals surface area contributed by atoms with Crippen molar-refractivity contribution in [1.29, 1.82) is 0 Å². The van der Waals surface area contributed by atoms with Gasteiger partial charge in [0.25, 0.3) is 0 Å². The van der Waals surface area contributed by atoms with Gasteiger partial charge in [0, 0.05) is 31.6 Å². The number of aliphatic hydroxyl groups is 1. The molecule has 0 fully saturated rings. The summed E-state index contributed by atoms with van der Waals surface area (Å²) in [6, 6.07) is 1.57. The van der Waals surface area contributed by atoms with Crippen LogP contribution in [0, 0.1) is 0 Å². The zero-order valence-corrected chi connectivity index (χ0v) is 13.5. The van der Waals surface area contributed by atoms with Gasteiger partial charge >= 0.3 is 0 Å². The van der Waals surface area contributed by atoms with Gasteiger partial charge in [0.1, 0.15) is 0 Å². The first-order chi connectivity index (χ1) is 9.13. The summed E-state index contributed by atoms with van der Waals surface area (Å²) in [5.74, 6) is 0. The summed E-state index contributed by atoms with van der Waals surface area (Å²) in [4.78, 5) is 0.155. The highest BCUT2D eigenvalue weighted by Gasteiger charge is 2.23. The molecule has 1 aromatic heterocycles. The number of rotatable bonds is 7. The van der Waals surface area contributed by atoms with Crippen molar-refractivity contribution in [2.45, 2.75) is 50.8 Å². The molecule has 0 spiro atoms. The minimum atomic E-state index is -3.61. The first kappa shape index (κ1) is 17.2. The standard InChI is InChI=1S/C13H24N2O4S/c1-10(2)15-7-12(6-11(15)8-16)20(17,18)14-9-13(3,4)19-5/h6-7,10,14,16H,8-9H2,1-5H3. The van der Waals surface area contributed by atoms with Crippen LogP contribution in [0.5, 0.6) is 0 Å². The molecule has 0 radical (unpaired) electrons. The monoisotopic (exact) mass is 304 g/mol. The van der Waals surface area contributed by atoms with Crippen molar-refractivity contribution in [2.75, 3.05) is 13.7 Å². The van der Waals surface area contributed by atoms with Crippen LogP contribution in [0.4, 0.5) is 0 Å². The molecule has 0 amide bonds. The number of aliphatic hydroxyl groups excluding tert-OH is 1. The maximum absolute atomic E-state index is 12.2. The van der Waals surface area contributed by atoms with Crippen molar-refractivity contribution in [2.24, 2.45) is 0 Å². The molecule has 116 valence electrons. The molecule has 20 heavy (non-hydrogen) atoms. The SMILES string of the molecule is COC(C)(C)CNS(=O)(=O)c1cc(CO)n(C(C)C)c1. The summed E-state index contributed by atoms with van der Waals surface area (Å²) < 4.78 is 33.9. The van der Waals surface area contributed by atoms with Crippen LogP contribution >= 0.6 is 0 Å². The molecule has 0 bridgehead atoms. The second kappa shape index (κ2) is 6.26. The fourth-order valence-corrected chi connectivity index (χ4v) is 2.92. The van der Waals surface area contributed by atoms with Gasteiger partial charge in [0.2, 0.25) is 10.0 Å². The summed E-state index contributed by atoms with van der Waals surface area (Å²) >= 11 is 0. The van der Waals surface area contributed by atoms with E-state index < -0.39 is 15.6 Å². The van der Waals surface area contributed by atoms with E-state index >= 15 is 0 Å². The molecule has 2 N–H and O–H groups in total. The molecule has 0 saturated heterocycles. The molecule has 0 aliphatic carbocycles. The van der Waals surface area contributed by atoms with Crippen molar-refractivity contribution in [3.05, 3.63) is 18.0 Å². The Bertz CT molecular complexity index is 547. The molecule has 0 aliphatic heterocycles. The van der Waals surface area contributed by atoms with Gasteiger partial charge in [-0.1, -0.05) is 0 Å². The first-order valence-electron chi connectivity index (χ1n) is 6.49. The van der Waals surface area contributed by atoms with E-state index in [9.17, 15) is 13.5 Å². The molecule has 7 heteroatoms. The van der Waals surface area contributed by atoms with Gasteiger partial charge in [0.15, 0.2) is 0 Å². The summed E-state index contributed by atoms with van der Waals surface area (Å²) in [6.07, 6.45) is 1.54. The predicted octanol–water partition coefficient (Wildman–Crippen LogP) is 1.26. The largest absolute Gasteiger partial charge is 0.390 e. The molecule has 0 aromatic carbocycles. The Balaban J connectivity index is 2.99. The number of aromatic nitrogens is 1. The summed E-state index contributed by atoms with van der Waals surface area (Å²) in [7, 11) is -2.08. The molecule has 1 rings (SSSR count). The van der Waals surface area contributed by atoms with Gasteiger partial charge in [-0.15, -0.1) is 0 Å². The fourth-order valence-electron chi connectivity index (χ4n) is 1.68. The second-order valence-electron chi connectivity index (χ2n) is 5.61. The normalized spacial score (nSPS) is 13.2. The van der Waals surface area contributed by atoms with E-state index in [0.29, 0.717) is 5.69 Å². The smallest absolute Gasteiger partial charge is 0.242 e. The van der Waals surface area contributed by atoms with Crippen molar-refractivity contribution < 1.29 is 18.3 Å². The summed E-state index contributed by atoms with van der Waals surface area (Å²) in [5.41, 5.74) is -0.000552. The van der Waals surface area contributed by atoms with Gasteiger partial charge in [-0.2, -0.15) is 0 Å². The summed E-state index contributed by atoms with van der Waals surface area (Å²) in [5, 5.41) is 9.29. The van der Waals surface area contributed by atoms with Crippen LogP contribution in [-0.2, 0) is 21.4 Å². The van der Waals surface area contributed by atoms with Crippen LogP contribution in [0.1, 0.15) is 39.4 Å². The Morgan fingerprint density at radius 3 is 2.45 bits per heavy atom. The average Bonchev–Trinajstić information content (AvgIpc) is 2.82. The lowest BCUT2D eigenvalue weighted by atomic mass is 10.1. The lowest BCUT2D eigenvalue weighted by Gasteiger charge is -2.22. The van der Waals surface area contributed by atoms with E-state index in [-0.39, 0.29) is 24.1 Å². The lowest BCUT2D eigenvalue weighted by Crippen LogP contribution is -2.39. The van der Waals surface area contributed by atoms with E-state index in [4.69, 9.17) is 4.74 Å². The van der Waals surface area contributed by atoms with E-state index in [1.165, 1.54) is 13.2 Å². The van der Waals surface area contributed by atoms with Crippen LogP contribution in [0.3, 0.4) is 0 Å². The Kier molecular flexibility index (Phi) is 5.37. The van der Waals surface area contributed by atoms with Crippen LogP contribution < -0.4 is 4.72 Å². The topological polar surface area (TPSA) is 80.6 Å². The third-order valence-electron chi connectivity index (χ3n) is 3.18. The minimum Gasteiger partial charge on any atom is -0.390 e. The Hall–Kier alpha value is -0.890. The van der Waals surface area contributed by atoms with Gasteiger partial charge in [0.05, 0.1) is 17.1 Å². The Morgan fingerprint density at radius 1 is 1.45 bits per heavy atom. The zero-order chi connectivity index (χ0) is 15.6. The Morgan fingerprint density at radius 2 is 2.05 bits per heavy atom. The zero-order valence-electron chi connectivity index (χ0n) is 12.7. The minimum absolute atomic E-state index is 0.0801. The quantitative estimate of drug-likeness (QED) is 0.795. The highest BCUT2D eigenvalue weighted by molar-refractivity contribution is 7.89. The van der Waals surface area contributed by atoms with E-state index in [0.717, 1.165) is 0 Å². The van der Waals surface area contributed by atoms with Gasteiger partial charge < -0.3 is 14.4 Å². The number of methoxy groups -OCH3 is 1. The molecule has 1 heterocycles. The van der Waals surface area contributed by atoms with Crippen LogP contribution in [-0.4, -0.2) is 37.3 Å². The number of hydrogen-bond donors (Lipinski definition) is 2. The van der Waals surface area contributed by atoms with Crippen LogP contribution in [0.15, 0.2) is 17.2 Å². The molecule has 6 nitrogen and oxygen atoms in total. The molecular formula is C13H24N2O4S. The van der Waals surface area contributed by atoms with E-state index in [1.807, 2.05) is 13.8 Å². The van der Waals surface area contributed by atoms with Gasteiger partial charge in [-0.05, 0) is 33.8 Å². The van der Waals surface area contributed by atoms with Crippen molar-refractivity contribution >= 4 is 10.0 Å². The fraction of sp³-hybridized carbons (Fsp3) is 0.692. The number of nitrogens with zero attached hydrogens (tertiary/aromatic N) is 1. The third kappa shape index (κ3) is 4.05. The molecular weight excluding hydrogens is 280 g/mol. The number of hydrogen-bond acceptors (Lipinski definition) is 4. The highest BCUT2D eigenvalue weighted by atomic mass is 32.2. The third-order valence-corrected chi connectivity index (χ3v) is 4.54. The van der Waals surface area contributed by atoms with E-state index in [1.54, 1.807) is 24.6 Å².